The van der Waals surface area contributed by atoms with E-state index in [1.54, 1.807) is 24.4 Å². The number of rotatable bonds is 8. The van der Waals surface area contributed by atoms with Crippen LogP contribution in [0.4, 0.5) is 8.78 Å². The Morgan fingerprint density at radius 1 is 1.33 bits per heavy atom. The Hall–Kier alpha value is -2.70. The van der Waals surface area contributed by atoms with Crippen molar-refractivity contribution in [1.82, 2.24) is 15.1 Å². The number of hydrogen-bond donors (Lipinski definition) is 1. The third-order valence-electron chi connectivity index (χ3n) is 3.31. The van der Waals surface area contributed by atoms with Gasteiger partial charge in [0.1, 0.15) is 5.75 Å². The smallest absolute Gasteiger partial charge is 0.387 e. The quantitative estimate of drug-likeness (QED) is 0.596. The summed E-state index contributed by atoms with van der Waals surface area (Å²) in [6, 6.07) is 7.98. The fourth-order valence-electron chi connectivity index (χ4n) is 2.06. The maximum Gasteiger partial charge on any atom is 0.387 e. The van der Waals surface area contributed by atoms with Crippen LogP contribution < -0.4 is 10.1 Å². The van der Waals surface area contributed by atoms with Gasteiger partial charge in [0, 0.05) is 31.1 Å². The van der Waals surface area contributed by atoms with Crippen LogP contribution in [0.1, 0.15) is 17.7 Å². The number of nitrogens with one attached hydrogen (secondary N) is 1. The number of aromatic nitrogens is 2. The first-order valence-electron chi connectivity index (χ1n) is 7.54. The van der Waals surface area contributed by atoms with Crippen LogP contribution in [0.5, 0.6) is 5.75 Å². The molecule has 128 valence electrons. The monoisotopic (exact) mass is 335 g/mol. The molecule has 0 aliphatic rings. The number of benzene rings is 1. The minimum atomic E-state index is -2.84. The molecule has 0 aliphatic heterocycles. The van der Waals surface area contributed by atoms with Gasteiger partial charge in [-0.1, -0.05) is 12.1 Å². The molecule has 5 nitrogen and oxygen atoms in total. The number of amides is 1. The van der Waals surface area contributed by atoms with Crippen molar-refractivity contribution in [3.05, 3.63) is 53.9 Å². The SMILES string of the molecule is Cc1ccnn1CCCNC(=O)/C=C\c1ccc(OC(F)F)cc1. The lowest BCUT2D eigenvalue weighted by atomic mass is 10.2. The van der Waals surface area contributed by atoms with E-state index in [1.807, 2.05) is 17.7 Å². The molecule has 1 aromatic heterocycles. The minimum absolute atomic E-state index is 0.0838. The van der Waals surface area contributed by atoms with E-state index in [4.69, 9.17) is 0 Å². The minimum Gasteiger partial charge on any atom is -0.435 e. The van der Waals surface area contributed by atoms with Crippen molar-refractivity contribution in [1.29, 1.82) is 0 Å². The first-order valence-corrected chi connectivity index (χ1v) is 7.54. The summed E-state index contributed by atoms with van der Waals surface area (Å²) in [6.45, 7) is 0.423. The summed E-state index contributed by atoms with van der Waals surface area (Å²) < 4.78 is 30.2. The van der Waals surface area contributed by atoms with Crippen LogP contribution in [0.15, 0.2) is 42.6 Å². The molecule has 0 saturated carbocycles. The lowest BCUT2D eigenvalue weighted by Crippen LogP contribution is -2.23. The van der Waals surface area contributed by atoms with Gasteiger partial charge in [-0.15, -0.1) is 0 Å². The highest BCUT2D eigenvalue weighted by molar-refractivity contribution is 5.91. The van der Waals surface area contributed by atoms with Crippen molar-refractivity contribution in [3.8, 4) is 5.75 Å². The van der Waals surface area contributed by atoms with Crippen molar-refractivity contribution >= 4 is 12.0 Å². The molecule has 1 N–H and O–H groups in total. The van der Waals surface area contributed by atoms with Crippen molar-refractivity contribution in [2.45, 2.75) is 26.5 Å². The second kappa shape index (κ2) is 8.81. The highest BCUT2D eigenvalue weighted by Gasteiger charge is 2.03. The molecule has 0 fully saturated rings. The van der Waals surface area contributed by atoms with Gasteiger partial charge in [-0.2, -0.15) is 13.9 Å². The molecule has 0 radical (unpaired) electrons. The predicted molar refractivity (Wildman–Crippen MR) is 86.7 cm³/mol. The number of hydrogen-bond acceptors (Lipinski definition) is 3. The van der Waals surface area contributed by atoms with E-state index in [-0.39, 0.29) is 11.7 Å². The molecule has 0 atom stereocenters. The number of ether oxygens (including phenoxy) is 1. The van der Waals surface area contributed by atoms with E-state index in [0.717, 1.165) is 24.2 Å². The van der Waals surface area contributed by atoms with Gasteiger partial charge in [-0.05, 0) is 43.2 Å². The van der Waals surface area contributed by atoms with E-state index in [9.17, 15) is 13.6 Å². The Labute approximate surface area is 138 Å². The third kappa shape index (κ3) is 5.83. The Balaban J connectivity index is 1.71. The second-order valence-electron chi connectivity index (χ2n) is 5.12. The van der Waals surface area contributed by atoms with Gasteiger partial charge >= 0.3 is 6.61 Å². The Morgan fingerprint density at radius 2 is 2.08 bits per heavy atom. The number of carbonyl (C=O) groups is 1. The van der Waals surface area contributed by atoms with E-state index in [1.165, 1.54) is 18.2 Å². The average Bonchev–Trinajstić information content (AvgIpc) is 2.95. The number of alkyl halides is 2. The van der Waals surface area contributed by atoms with Gasteiger partial charge in [0.2, 0.25) is 5.91 Å². The Bertz CT molecular complexity index is 681. The molecular formula is C17H19F2N3O2. The molecule has 7 heteroatoms. The van der Waals surface area contributed by atoms with Crippen LogP contribution in [0.3, 0.4) is 0 Å². The van der Waals surface area contributed by atoms with Gasteiger partial charge in [0.25, 0.3) is 0 Å². The lowest BCUT2D eigenvalue weighted by molar-refractivity contribution is -0.116. The van der Waals surface area contributed by atoms with E-state index in [0.29, 0.717) is 6.54 Å². The topological polar surface area (TPSA) is 56.2 Å². The van der Waals surface area contributed by atoms with Gasteiger partial charge in [0.05, 0.1) is 0 Å². The van der Waals surface area contributed by atoms with Gasteiger partial charge in [-0.3, -0.25) is 9.48 Å². The molecule has 1 aromatic carbocycles. The normalized spacial score (nSPS) is 11.2. The van der Waals surface area contributed by atoms with Crippen LogP contribution in [-0.4, -0.2) is 28.8 Å². The molecule has 0 saturated heterocycles. The summed E-state index contributed by atoms with van der Waals surface area (Å²) in [4.78, 5) is 11.7. The predicted octanol–water partition coefficient (Wildman–Crippen LogP) is 3.01. The molecular weight excluding hydrogens is 316 g/mol. The van der Waals surface area contributed by atoms with Crippen LogP contribution in [0.25, 0.3) is 6.08 Å². The maximum atomic E-state index is 12.0. The third-order valence-corrected chi connectivity index (χ3v) is 3.31. The summed E-state index contributed by atoms with van der Waals surface area (Å²) >= 11 is 0. The molecule has 0 bridgehead atoms. The summed E-state index contributed by atoms with van der Waals surface area (Å²) in [5.41, 5.74) is 1.81. The maximum absolute atomic E-state index is 12.0. The molecule has 24 heavy (non-hydrogen) atoms. The summed E-state index contributed by atoms with van der Waals surface area (Å²) in [6.07, 6.45) is 5.54. The zero-order valence-electron chi connectivity index (χ0n) is 13.3. The first kappa shape index (κ1) is 17.7. The molecule has 1 heterocycles. The zero-order chi connectivity index (χ0) is 17.4. The molecule has 2 aromatic rings. The number of halogens is 2. The second-order valence-corrected chi connectivity index (χ2v) is 5.12. The van der Waals surface area contributed by atoms with Crippen molar-refractivity contribution < 1.29 is 18.3 Å². The van der Waals surface area contributed by atoms with Gasteiger partial charge in [-0.25, -0.2) is 0 Å². The molecule has 0 spiro atoms. The van der Waals surface area contributed by atoms with Crippen LogP contribution in [-0.2, 0) is 11.3 Å². The highest BCUT2D eigenvalue weighted by atomic mass is 19.3. The number of nitrogens with zero attached hydrogens (tertiary/aromatic N) is 2. The van der Waals surface area contributed by atoms with Crippen molar-refractivity contribution in [3.63, 3.8) is 0 Å². The lowest BCUT2D eigenvalue weighted by Gasteiger charge is -2.05. The number of aryl methyl sites for hydroxylation is 2. The highest BCUT2D eigenvalue weighted by Crippen LogP contribution is 2.15. The fraction of sp³-hybridized carbons (Fsp3) is 0.294. The standard InChI is InChI=1S/C17H19F2N3O2/c1-13-9-11-21-22(13)12-2-10-20-16(23)8-5-14-3-6-15(7-4-14)24-17(18)19/h3-9,11,17H,2,10,12H2,1H3,(H,20,23)/b8-5-. The van der Waals surface area contributed by atoms with Crippen LogP contribution in [0, 0.1) is 6.92 Å². The molecule has 1 amide bonds. The summed E-state index contributed by atoms with van der Waals surface area (Å²) in [5.74, 6) is -0.124. The van der Waals surface area contributed by atoms with E-state index in [2.05, 4.69) is 15.2 Å². The van der Waals surface area contributed by atoms with Crippen molar-refractivity contribution in [2.24, 2.45) is 0 Å². The van der Waals surface area contributed by atoms with E-state index >= 15 is 0 Å². The van der Waals surface area contributed by atoms with E-state index < -0.39 is 6.61 Å². The zero-order valence-corrected chi connectivity index (χ0v) is 13.3. The Morgan fingerprint density at radius 3 is 2.71 bits per heavy atom. The largest absolute Gasteiger partial charge is 0.435 e. The molecule has 2 rings (SSSR count). The Kier molecular flexibility index (Phi) is 6.48. The fourth-order valence-corrected chi connectivity index (χ4v) is 2.06. The first-order chi connectivity index (χ1) is 11.5. The van der Waals surface area contributed by atoms with Crippen molar-refractivity contribution in [2.75, 3.05) is 6.54 Å². The number of carbonyl (C=O) groups excluding carboxylic acids is 1. The van der Waals surface area contributed by atoms with Crippen LogP contribution in [0.2, 0.25) is 0 Å². The molecule has 0 aliphatic carbocycles. The molecule has 0 unspecified atom stereocenters. The summed E-state index contributed by atoms with van der Waals surface area (Å²) in [5, 5.41) is 6.95. The van der Waals surface area contributed by atoms with Gasteiger partial charge < -0.3 is 10.1 Å². The van der Waals surface area contributed by atoms with Gasteiger partial charge in [0.15, 0.2) is 0 Å². The van der Waals surface area contributed by atoms with Crippen LogP contribution >= 0.6 is 0 Å². The average molecular weight is 335 g/mol. The summed E-state index contributed by atoms with van der Waals surface area (Å²) in [7, 11) is 0.